The van der Waals surface area contributed by atoms with E-state index in [0.717, 1.165) is 22.3 Å². The molecule has 0 aliphatic rings. The van der Waals surface area contributed by atoms with Crippen LogP contribution >= 0.6 is 0 Å². The number of aromatic nitrogens is 1. The zero-order valence-electron chi connectivity index (χ0n) is 13.9. The number of carboxylic acids is 1. The van der Waals surface area contributed by atoms with Crippen LogP contribution in [0.2, 0.25) is 0 Å². The second-order valence-electron chi connectivity index (χ2n) is 6.86. The predicted octanol–water partition coefficient (Wildman–Crippen LogP) is 4.47. The minimum atomic E-state index is -0.950. The fourth-order valence-electron chi connectivity index (χ4n) is 2.76. The maximum atomic E-state index is 11.0. The SMILES string of the molecule is CC(C)(C)c1ccn2c(-c3ccc(C(=O)O)cc3)cc(C#N)c2c1. The lowest BCUT2D eigenvalue weighted by molar-refractivity contribution is 0.0697. The van der Waals surface area contributed by atoms with E-state index < -0.39 is 5.97 Å². The van der Waals surface area contributed by atoms with E-state index in [1.165, 1.54) is 0 Å². The smallest absolute Gasteiger partial charge is 0.335 e. The third-order valence-electron chi connectivity index (χ3n) is 4.19. The van der Waals surface area contributed by atoms with Gasteiger partial charge in [0.25, 0.3) is 0 Å². The number of aromatic carboxylic acids is 1. The van der Waals surface area contributed by atoms with Gasteiger partial charge in [0.1, 0.15) is 6.07 Å². The average Bonchev–Trinajstić information content (AvgIpc) is 2.92. The standard InChI is InChI=1S/C20H18N2O2/c1-20(2,3)16-8-9-22-17(10-15(12-21)18(22)11-16)13-4-6-14(7-5-13)19(23)24/h4-11H,1-3H3,(H,23,24). The van der Waals surface area contributed by atoms with E-state index in [0.29, 0.717) is 5.56 Å². The maximum absolute atomic E-state index is 11.0. The molecule has 0 fully saturated rings. The maximum Gasteiger partial charge on any atom is 0.335 e. The summed E-state index contributed by atoms with van der Waals surface area (Å²) in [5.74, 6) is -0.950. The summed E-state index contributed by atoms with van der Waals surface area (Å²) >= 11 is 0. The van der Waals surface area contributed by atoms with Crippen molar-refractivity contribution in [1.82, 2.24) is 4.40 Å². The summed E-state index contributed by atoms with van der Waals surface area (Å²) < 4.78 is 1.98. The van der Waals surface area contributed by atoms with E-state index in [4.69, 9.17) is 5.11 Å². The highest BCUT2D eigenvalue weighted by Gasteiger charge is 2.17. The molecule has 2 heterocycles. The summed E-state index contributed by atoms with van der Waals surface area (Å²) in [6.07, 6.45) is 1.97. The van der Waals surface area contributed by atoms with Gasteiger partial charge in [-0.2, -0.15) is 5.26 Å². The Morgan fingerprint density at radius 3 is 2.33 bits per heavy atom. The van der Waals surface area contributed by atoms with E-state index >= 15 is 0 Å². The number of pyridine rings is 1. The van der Waals surface area contributed by atoms with Crippen LogP contribution < -0.4 is 0 Å². The lowest BCUT2D eigenvalue weighted by Gasteiger charge is -2.19. The fraction of sp³-hybridized carbons (Fsp3) is 0.200. The van der Waals surface area contributed by atoms with Gasteiger partial charge in [0.15, 0.2) is 0 Å². The Labute approximate surface area is 140 Å². The van der Waals surface area contributed by atoms with Gasteiger partial charge in [0.2, 0.25) is 0 Å². The van der Waals surface area contributed by atoms with Crippen molar-refractivity contribution in [1.29, 1.82) is 5.26 Å². The number of benzene rings is 1. The molecule has 120 valence electrons. The summed E-state index contributed by atoms with van der Waals surface area (Å²) in [6, 6.07) is 14.9. The second-order valence-corrected chi connectivity index (χ2v) is 6.86. The van der Waals surface area contributed by atoms with E-state index in [9.17, 15) is 10.1 Å². The van der Waals surface area contributed by atoms with Crippen molar-refractivity contribution < 1.29 is 9.90 Å². The van der Waals surface area contributed by atoms with Crippen LogP contribution in [0.4, 0.5) is 0 Å². The normalized spacial score (nSPS) is 11.4. The van der Waals surface area contributed by atoms with Crippen LogP contribution in [0, 0.1) is 11.3 Å². The molecule has 0 saturated carbocycles. The first-order valence-electron chi connectivity index (χ1n) is 7.70. The molecule has 0 aliphatic heterocycles. The van der Waals surface area contributed by atoms with Gasteiger partial charge in [-0.1, -0.05) is 32.9 Å². The predicted molar refractivity (Wildman–Crippen MR) is 93.2 cm³/mol. The topological polar surface area (TPSA) is 65.5 Å². The lowest BCUT2D eigenvalue weighted by atomic mass is 9.87. The molecule has 3 aromatic rings. The molecule has 0 radical (unpaired) electrons. The molecule has 2 aromatic heterocycles. The molecule has 0 amide bonds. The Balaban J connectivity index is 2.19. The van der Waals surface area contributed by atoms with Gasteiger partial charge in [-0.15, -0.1) is 0 Å². The number of nitrogens with zero attached hydrogens (tertiary/aromatic N) is 2. The zero-order chi connectivity index (χ0) is 17.5. The van der Waals surface area contributed by atoms with Crippen LogP contribution in [0.1, 0.15) is 42.3 Å². The van der Waals surface area contributed by atoms with Crippen molar-refractivity contribution in [3.05, 3.63) is 65.4 Å². The van der Waals surface area contributed by atoms with Crippen molar-refractivity contribution in [2.24, 2.45) is 0 Å². The van der Waals surface area contributed by atoms with Crippen molar-refractivity contribution in [3.8, 4) is 17.3 Å². The number of carbonyl (C=O) groups is 1. The highest BCUT2D eigenvalue weighted by Crippen LogP contribution is 2.30. The van der Waals surface area contributed by atoms with Crippen LogP contribution in [0.5, 0.6) is 0 Å². The van der Waals surface area contributed by atoms with Crippen LogP contribution in [0.25, 0.3) is 16.8 Å². The van der Waals surface area contributed by atoms with E-state index in [2.05, 4.69) is 32.9 Å². The fourth-order valence-corrected chi connectivity index (χ4v) is 2.76. The minimum Gasteiger partial charge on any atom is -0.478 e. The Morgan fingerprint density at radius 1 is 1.12 bits per heavy atom. The Kier molecular flexibility index (Phi) is 3.65. The van der Waals surface area contributed by atoms with Gasteiger partial charge >= 0.3 is 5.97 Å². The molecule has 24 heavy (non-hydrogen) atoms. The van der Waals surface area contributed by atoms with Crippen molar-refractivity contribution >= 4 is 11.5 Å². The van der Waals surface area contributed by atoms with Crippen LogP contribution in [0.15, 0.2) is 48.7 Å². The van der Waals surface area contributed by atoms with Gasteiger partial charge in [0, 0.05) is 6.20 Å². The van der Waals surface area contributed by atoms with Gasteiger partial charge < -0.3 is 9.51 Å². The van der Waals surface area contributed by atoms with Gasteiger partial charge in [-0.3, -0.25) is 0 Å². The molecule has 0 aliphatic carbocycles. The monoisotopic (exact) mass is 318 g/mol. The number of rotatable bonds is 2. The van der Waals surface area contributed by atoms with Gasteiger partial charge in [0.05, 0.1) is 22.3 Å². The molecule has 0 saturated heterocycles. The van der Waals surface area contributed by atoms with E-state index in [1.807, 2.05) is 22.7 Å². The van der Waals surface area contributed by atoms with Gasteiger partial charge in [-0.05, 0) is 46.9 Å². The molecule has 4 heteroatoms. The van der Waals surface area contributed by atoms with Crippen LogP contribution in [0.3, 0.4) is 0 Å². The quantitative estimate of drug-likeness (QED) is 0.758. The molecule has 0 unspecified atom stereocenters. The zero-order valence-corrected chi connectivity index (χ0v) is 13.9. The molecular weight excluding hydrogens is 300 g/mol. The highest BCUT2D eigenvalue weighted by atomic mass is 16.4. The molecule has 1 aromatic carbocycles. The Bertz CT molecular complexity index is 968. The number of nitriles is 1. The molecular formula is C20H18N2O2. The largest absolute Gasteiger partial charge is 0.478 e. The number of fused-ring (bicyclic) bond motifs is 1. The van der Waals surface area contributed by atoms with E-state index in [1.54, 1.807) is 24.3 Å². The third-order valence-corrected chi connectivity index (χ3v) is 4.19. The highest BCUT2D eigenvalue weighted by molar-refractivity contribution is 5.88. The third kappa shape index (κ3) is 2.65. The summed E-state index contributed by atoms with van der Waals surface area (Å²) in [5.41, 5.74) is 4.63. The van der Waals surface area contributed by atoms with Gasteiger partial charge in [-0.25, -0.2) is 4.79 Å². The van der Waals surface area contributed by atoms with Crippen LogP contribution in [-0.2, 0) is 5.41 Å². The number of hydrogen-bond donors (Lipinski definition) is 1. The molecule has 3 rings (SSSR count). The first kappa shape index (κ1) is 15.8. The first-order valence-corrected chi connectivity index (χ1v) is 7.70. The molecule has 0 spiro atoms. The average molecular weight is 318 g/mol. The molecule has 1 N–H and O–H groups in total. The first-order chi connectivity index (χ1) is 11.3. The van der Waals surface area contributed by atoms with Crippen molar-refractivity contribution in [3.63, 3.8) is 0 Å². The van der Waals surface area contributed by atoms with Crippen molar-refractivity contribution in [2.75, 3.05) is 0 Å². The Morgan fingerprint density at radius 2 is 1.79 bits per heavy atom. The minimum absolute atomic E-state index is 0.00203. The number of hydrogen-bond acceptors (Lipinski definition) is 2. The lowest BCUT2D eigenvalue weighted by Crippen LogP contribution is -2.11. The summed E-state index contributed by atoms with van der Waals surface area (Å²) in [6.45, 7) is 6.41. The summed E-state index contributed by atoms with van der Waals surface area (Å²) in [5, 5.41) is 18.5. The number of carboxylic acid groups (broad SMARTS) is 1. The summed E-state index contributed by atoms with van der Waals surface area (Å²) in [4.78, 5) is 11.0. The van der Waals surface area contributed by atoms with Crippen LogP contribution in [-0.4, -0.2) is 15.5 Å². The Hall–Kier alpha value is -3.06. The van der Waals surface area contributed by atoms with E-state index in [-0.39, 0.29) is 11.0 Å². The second kappa shape index (κ2) is 5.54. The molecule has 0 bridgehead atoms. The molecule has 4 nitrogen and oxygen atoms in total. The molecule has 0 atom stereocenters. The summed E-state index contributed by atoms with van der Waals surface area (Å²) in [7, 11) is 0. The van der Waals surface area contributed by atoms with Crippen molar-refractivity contribution in [2.45, 2.75) is 26.2 Å².